The van der Waals surface area contributed by atoms with Crippen LogP contribution in [0.2, 0.25) is 5.02 Å². The van der Waals surface area contributed by atoms with Gasteiger partial charge in [0, 0.05) is 17.4 Å². The van der Waals surface area contributed by atoms with Crippen molar-refractivity contribution in [3.63, 3.8) is 0 Å². The summed E-state index contributed by atoms with van der Waals surface area (Å²) in [5.74, 6) is 2.41. The number of aryl methyl sites for hydroxylation is 1. The van der Waals surface area contributed by atoms with Crippen molar-refractivity contribution in [2.24, 2.45) is 5.73 Å². The van der Waals surface area contributed by atoms with E-state index in [2.05, 4.69) is 17.0 Å². The minimum atomic E-state index is 0.539. The van der Waals surface area contributed by atoms with Crippen LogP contribution >= 0.6 is 11.6 Å². The summed E-state index contributed by atoms with van der Waals surface area (Å²) < 4.78 is 1.90. The van der Waals surface area contributed by atoms with Crippen molar-refractivity contribution in [2.45, 2.75) is 32.1 Å². The number of aromatic nitrogens is 3. The van der Waals surface area contributed by atoms with E-state index < -0.39 is 0 Å². The standard InChI is InChI=1S/C14H17ClN4/c1-9-2-5-11(15)8-12(9)19-13(6-7-16)17-14(18-19)10-3-4-10/h2,5,8,10H,3-4,6-7,16H2,1H3. The summed E-state index contributed by atoms with van der Waals surface area (Å²) in [5, 5.41) is 5.37. The summed E-state index contributed by atoms with van der Waals surface area (Å²) in [6.45, 7) is 2.62. The maximum atomic E-state index is 6.09. The van der Waals surface area contributed by atoms with E-state index in [0.717, 1.165) is 29.3 Å². The Morgan fingerprint density at radius 1 is 1.42 bits per heavy atom. The first-order chi connectivity index (χ1) is 9.19. The zero-order chi connectivity index (χ0) is 13.4. The van der Waals surface area contributed by atoms with Gasteiger partial charge in [-0.15, -0.1) is 0 Å². The lowest BCUT2D eigenvalue weighted by molar-refractivity contribution is 0.766. The Labute approximate surface area is 117 Å². The molecule has 4 nitrogen and oxygen atoms in total. The molecule has 0 unspecified atom stereocenters. The molecule has 0 atom stereocenters. The van der Waals surface area contributed by atoms with Crippen LogP contribution in [0, 0.1) is 6.92 Å². The second-order valence-corrected chi connectivity index (χ2v) is 5.48. The summed E-state index contributed by atoms with van der Waals surface area (Å²) in [5.41, 5.74) is 7.80. The van der Waals surface area contributed by atoms with Gasteiger partial charge in [0.1, 0.15) is 5.82 Å². The SMILES string of the molecule is Cc1ccc(Cl)cc1-n1nc(C2CC2)nc1CCN. The Hall–Kier alpha value is -1.39. The van der Waals surface area contributed by atoms with Crippen molar-refractivity contribution in [3.05, 3.63) is 40.4 Å². The van der Waals surface area contributed by atoms with Gasteiger partial charge >= 0.3 is 0 Å². The van der Waals surface area contributed by atoms with E-state index in [1.807, 2.05) is 22.9 Å². The Morgan fingerprint density at radius 2 is 2.21 bits per heavy atom. The minimum Gasteiger partial charge on any atom is -0.330 e. The number of nitrogens with zero attached hydrogens (tertiary/aromatic N) is 3. The lowest BCUT2D eigenvalue weighted by Crippen LogP contribution is -2.10. The molecule has 2 N–H and O–H groups in total. The third kappa shape index (κ3) is 2.51. The molecule has 19 heavy (non-hydrogen) atoms. The average molecular weight is 277 g/mol. The molecular formula is C14H17ClN4. The molecule has 100 valence electrons. The topological polar surface area (TPSA) is 56.7 Å². The maximum absolute atomic E-state index is 6.09. The summed E-state index contributed by atoms with van der Waals surface area (Å²) >= 11 is 6.09. The number of nitrogens with two attached hydrogens (primary N) is 1. The van der Waals surface area contributed by atoms with Crippen LogP contribution in [0.15, 0.2) is 18.2 Å². The van der Waals surface area contributed by atoms with Crippen molar-refractivity contribution >= 4 is 11.6 Å². The number of halogens is 1. The van der Waals surface area contributed by atoms with E-state index in [9.17, 15) is 0 Å². The molecule has 0 saturated heterocycles. The molecule has 0 radical (unpaired) electrons. The molecule has 1 heterocycles. The first-order valence-corrected chi connectivity index (χ1v) is 6.99. The van der Waals surface area contributed by atoms with E-state index in [4.69, 9.17) is 17.3 Å². The predicted octanol–water partition coefficient (Wildman–Crippen LogP) is 2.61. The van der Waals surface area contributed by atoms with Crippen LogP contribution < -0.4 is 5.73 Å². The molecule has 2 aromatic rings. The van der Waals surface area contributed by atoms with Crippen molar-refractivity contribution in [2.75, 3.05) is 6.54 Å². The fourth-order valence-corrected chi connectivity index (χ4v) is 2.34. The lowest BCUT2D eigenvalue weighted by atomic mass is 10.2. The molecule has 1 fully saturated rings. The highest BCUT2D eigenvalue weighted by molar-refractivity contribution is 6.30. The van der Waals surface area contributed by atoms with Crippen molar-refractivity contribution in [1.82, 2.24) is 14.8 Å². The van der Waals surface area contributed by atoms with Crippen LogP contribution in [0.4, 0.5) is 0 Å². The molecule has 5 heteroatoms. The third-order valence-electron chi connectivity index (χ3n) is 3.40. The number of rotatable bonds is 4. The van der Waals surface area contributed by atoms with Gasteiger partial charge < -0.3 is 5.73 Å². The molecule has 1 aliphatic rings. The smallest absolute Gasteiger partial charge is 0.154 e. The highest BCUT2D eigenvalue weighted by Crippen LogP contribution is 2.38. The van der Waals surface area contributed by atoms with Gasteiger partial charge in [-0.25, -0.2) is 9.67 Å². The van der Waals surface area contributed by atoms with Gasteiger partial charge in [0.05, 0.1) is 5.69 Å². The van der Waals surface area contributed by atoms with E-state index in [0.29, 0.717) is 17.5 Å². The summed E-state index contributed by atoms with van der Waals surface area (Å²) in [6, 6.07) is 5.83. The minimum absolute atomic E-state index is 0.539. The normalized spacial score (nSPS) is 14.9. The highest BCUT2D eigenvalue weighted by Gasteiger charge is 2.29. The summed E-state index contributed by atoms with van der Waals surface area (Å²) in [4.78, 5) is 4.64. The van der Waals surface area contributed by atoms with Crippen molar-refractivity contribution in [1.29, 1.82) is 0 Å². The quantitative estimate of drug-likeness (QED) is 0.934. The van der Waals surface area contributed by atoms with Gasteiger partial charge in [0.25, 0.3) is 0 Å². The molecule has 1 aromatic carbocycles. The van der Waals surface area contributed by atoms with Crippen molar-refractivity contribution < 1.29 is 0 Å². The Morgan fingerprint density at radius 3 is 2.89 bits per heavy atom. The molecule has 0 spiro atoms. The fourth-order valence-electron chi connectivity index (χ4n) is 2.17. The molecule has 0 bridgehead atoms. The molecular weight excluding hydrogens is 260 g/mol. The molecule has 0 aliphatic heterocycles. The average Bonchev–Trinajstić information content (AvgIpc) is 3.15. The first-order valence-electron chi connectivity index (χ1n) is 6.61. The highest BCUT2D eigenvalue weighted by atomic mass is 35.5. The van der Waals surface area contributed by atoms with Crippen molar-refractivity contribution in [3.8, 4) is 5.69 Å². The summed E-state index contributed by atoms with van der Waals surface area (Å²) in [6.07, 6.45) is 3.12. The van der Waals surface area contributed by atoms with Crippen LogP contribution in [0.25, 0.3) is 5.69 Å². The predicted molar refractivity (Wildman–Crippen MR) is 75.8 cm³/mol. The number of hydrogen-bond donors (Lipinski definition) is 1. The monoisotopic (exact) mass is 276 g/mol. The second kappa shape index (κ2) is 4.94. The molecule has 3 rings (SSSR count). The second-order valence-electron chi connectivity index (χ2n) is 5.04. The largest absolute Gasteiger partial charge is 0.330 e. The number of benzene rings is 1. The van der Waals surface area contributed by atoms with Gasteiger partial charge in [0.15, 0.2) is 5.82 Å². The Balaban J connectivity index is 2.08. The molecule has 1 saturated carbocycles. The maximum Gasteiger partial charge on any atom is 0.154 e. The van der Waals surface area contributed by atoms with Gasteiger partial charge in [0.2, 0.25) is 0 Å². The first kappa shape index (κ1) is 12.6. The fraction of sp³-hybridized carbons (Fsp3) is 0.429. The van der Waals surface area contributed by atoms with Crippen LogP contribution in [0.1, 0.15) is 36.0 Å². The lowest BCUT2D eigenvalue weighted by Gasteiger charge is -2.08. The van der Waals surface area contributed by atoms with Gasteiger partial charge in [-0.3, -0.25) is 0 Å². The van der Waals surface area contributed by atoms with Gasteiger partial charge in [-0.05, 0) is 44.0 Å². The van der Waals surface area contributed by atoms with E-state index in [1.54, 1.807) is 0 Å². The van der Waals surface area contributed by atoms with Crippen LogP contribution in [-0.4, -0.2) is 21.3 Å². The zero-order valence-electron chi connectivity index (χ0n) is 10.9. The molecule has 1 aromatic heterocycles. The van der Waals surface area contributed by atoms with Gasteiger partial charge in [-0.1, -0.05) is 17.7 Å². The zero-order valence-corrected chi connectivity index (χ0v) is 11.7. The third-order valence-corrected chi connectivity index (χ3v) is 3.64. The van der Waals surface area contributed by atoms with E-state index in [1.165, 1.54) is 12.8 Å². The Kier molecular flexibility index (Phi) is 3.29. The summed E-state index contributed by atoms with van der Waals surface area (Å²) in [7, 11) is 0. The van der Waals surface area contributed by atoms with Crippen LogP contribution in [0.3, 0.4) is 0 Å². The van der Waals surface area contributed by atoms with Crippen LogP contribution in [-0.2, 0) is 6.42 Å². The van der Waals surface area contributed by atoms with E-state index >= 15 is 0 Å². The Bertz CT molecular complexity index is 601. The number of hydrogen-bond acceptors (Lipinski definition) is 3. The van der Waals surface area contributed by atoms with E-state index in [-0.39, 0.29) is 0 Å². The van der Waals surface area contributed by atoms with Gasteiger partial charge in [-0.2, -0.15) is 5.10 Å². The van der Waals surface area contributed by atoms with Crippen LogP contribution in [0.5, 0.6) is 0 Å². The molecule has 0 amide bonds. The molecule has 1 aliphatic carbocycles.